The van der Waals surface area contributed by atoms with E-state index in [2.05, 4.69) is 5.92 Å². The van der Waals surface area contributed by atoms with E-state index in [0.29, 0.717) is 11.3 Å². The molecule has 2 nitrogen and oxygen atoms in total. The number of rotatable bonds is 1. The Morgan fingerprint density at radius 3 is 2.82 bits per heavy atom. The van der Waals surface area contributed by atoms with Gasteiger partial charge in [-0.25, -0.2) is 0 Å². The van der Waals surface area contributed by atoms with E-state index >= 15 is 0 Å². The first-order valence-electron chi connectivity index (χ1n) is 3.14. The number of hydrogen-bond acceptors (Lipinski definition) is 2. The lowest BCUT2D eigenvalue weighted by Crippen LogP contribution is -1.92. The van der Waals surface area contributed by atoms with Crippen molar-refractivity contribution < 1.29 is 0 Å². The fraction of sp³-hybridized carbons (Fsp3) is 0. The Kier molecular flexibility index (Phi) is 1.93. The Balaban J connectivity index is 3.25. The van der Waals surface area contributed by atoms with Crippen LogP contribution in [0.15, 0.2) is 18.2 Å². The van der Waals surface area contributed by atoms with Crippen LogP contribution in [0.4, 0.5) is 5.69 Å². The average molecular weight is 144 g/mol. The van der Waals surface area contributed by atoms with Crippen molar-refractivity contribution in [1.82, 2.24) is 0 Å². The molecule has 0 aliphatic rings. The number of nitrogens with one attached hydrogen (secondary N) is 1. The van der Waals surface area contributed by atoms with Gasteiger partial charge in [0.1, 0.15) is 0 Å². The van der Waals surface area contributed by atoms with E-state index in [1.807, 2.05) is 0 Å². The summed E-state index contributed by atoms with van der Waals surface area (Å²) in [6.07, 6.45) is 6.35. The molecule has 0 unspecified atom stereocenters. The number of nitrogens with two attached hydrogens (primary N) is 1. The van der Waals surface area contributed by atoms with Crippen molar-refractivity contribution in [2.75, 3.05) is 5.73 Å². The van der Waals surface area contributed by atoms with Crippen LogP contribution in [0.3, 0.4) is 0 Å². The van der Waals surface area contributed by atoms with E-state index in [-0.39, 0.29) is 0 Å². The molecule has 0 aromatic heterocycles. The predicted molar refractivity (Wildman–Crippen MR) is 46.7 cm³/mol. The summed E-state index contributed by atoms with van der Waals surface area (Å²) in [5.41, 5.74) is 7.53. The highest BCUT2D eigenvalue weighted by molar-refractivity contribution is 5.85. The molecule has 0 atom stereocenters. The van der Waals surface area contributed by atoms with E-state index < -0.39 is 0 Å². The van der Waals surface area contributed by atoms with Crippen LogP contribution in [0.5, 0.6) is 0 Å². The third kappa shape index (κ3) is 1.39. The van der Waals surface area contributed by atoms with Crippen LogP contribution in [0, 0.1) is 17.8 Å². The average Bonchev–Trinajstić information content (AvgIpc) is 2.05. The van der Waals surface area contributed by atoms with Crippen molar-refractivity contribution in [3.05, 3.63) is 29.3 Å². The first kappa shape index (κ1) is 7.36. The molecular weight excluding hydrogens is 136 g/mol. The highest BCUT2D eigenvalue weighted by Crippen LogP contribution is 2.10. The zero-order valence-electron chi connectivity index (χ0n) is 5.96. The van der Waals surface area contributed by atoms with E-state index in [0.717, 1.165) is 5.56 Å². The Morgan fingerprint density at radius 1 is 1.55 bits per heavy atom. The third-order valence-electron chi connectivity index (χ3n) is 1.41. The second kappa shape index (κ2) is 2.89. The first-order chi connectivity index (χ1) is 5.27. The van der Waals surface area contributed by atoms with Crippen LogP contribution >= 0.6 is 0 Å². The lowest BCUT2D eigenvalue weighted by Gasteiger charge is -1.98. The molecule has 0 aliphatic carbocycles. The third-order valence-corrected chi connectivity index (χ3v) is 1.41. The van der Waals surface area contributed by atoms with Gasteiger partial charge >= 0.3 is 0 Å². The molecule has 3 N–H and O–H groups in total. The highest BCUT2D eigenvalue weighted by atomic mass is 14.6. The zero-order valence-corrected chi connectivity index (χ0v) is 5.96. The minimum atomic E-state index is 0.582. The molecule has 0 fully saturated rings. The maximum atomic E-state index is 6.98. The Bertz CT molecular complexity index is 321. The van der Waals surface area contributed by atoms with Gasteiger partial charge in [-0.2, -0.15) is 0 Å². The van der Waals surface area contributed by atoms with Crippen molar-refractivity contribution in [3.63, 3.8) is 0 Å². The predicted octanol–water partition coefficient (Wildman–Crippen LogP) is 1.25. The second-order valence-electron chi connectivity index (χ2n) is 2.13. The topological polar surface area (TPSA) is 49.9 Å². The molecule has 0 saturated heterocycles. The molecule has 0 saturated carbocycles. The molecule has 54 valence electrons. The van der Waals surface area contributed by atoms with E-state index in [1.165, 1.54) is 6.21 Å². The molecule has 0 heterocycles. The summed E-state index contributed by atoms with van der Waals surface area (Å²) in [6, 6.07) is 5.17. The normalized spacial score (nSPS) is 8.64. The largest absolute Gasteiger partial charge is 0.398 e. The van der Waals surface area contributed by atoms with Crippen LogP contribution in [0.1, 0.15) is 11.1 Å². The number of hydrogen-bond donors (Lipinski definition) is 2. The summed E-state index contributed by atoms with van der Waals surface area (Å²) in [5.74, 6) is 2.47. The van der Waals surface area contributed by atoms with Gasteiger partial charge in [0.15, 0.2) is 0 Å². The fourth-order valence-corrected chi connectivity index (χ4v) is 0.790. The molecule has 0 aliphatic heterocycles. The molecule has 1 aromatic rings. The minimum absolute atomic E-state index is 0.582. The van der Waals surface area contributed by atoms with Crippen molar-refractivity contribution in [2.45, 2.75) is 0 Å². The lowest BCUT2D eigenvalue weighted by molar-refractivity contribution is 1.53. The van der Waals surface area contributed by atoms with Gasteiger partial charge in [-0.15, -0.1) is 6.42 Å². The van der Waals surface area contributed by atoms with Crippen molar-refractivity contribution in [3.8, 4) is 12.3 Å². The molecule has 0 spiro atoms. The monoisotopic (exact) mass is 144 g/mol. The van der Waals surface area contributed by atoms with Gasteiger partial charge in [0.2, 0.25) is 0 Å². The van der Waals surface area contributed by atoms with Crippen molar-refractivity contribution in [2.24, 2.45) is 0 Å². The van der Waals surface area contributed by atoms with Crippen LogP contribution in [0.25, 0.3) is 0 Å². The molecule has 1 rings (SSSR count). The van der Waals surface area contributed by atoms with E-state index in [4.69, 9.17) is 17.6 Å². The number of terminal acetylenes is 1. The second-order valence-corrected chi connectivity index (χ2v) is 2.13. The van der Waals surface area contributed by atoms with Gasteiger partial charge in [0, 0.05) is 23.0 Å². The van der Waals surface area contributed by atoms with Gasteiger partial charge in [-0.1, -0.05) is 5.92 Å². The summed E-state index contributed by atoms with van der Waals surface area (Å²) in [5, 5.41) is 6.98. The zero-order chi connectivity index (χ0) is 8.27. The standard InChI is InChI=1S/C9H8N2/c1-2-7-3-4-9(11)8(5-7)6-10/h1,3-6,10H,11H2. The highest BCUT2D eigenvalue weighted by Gasteiger charge is 1.94. The van der Waals surface area contributed by atoms with Gasteiger partial charge in [-0.3, -0.25) is 0 Å². The molecule has 0 bridgehead atoms. The number of nitrogen functional groups attached to an aromatic ring is 1. The molecule has 0 radical (unpaired) electrons. The summed E-state index contributed by atoms with van der Waals surface area (Å²) < 4.78 is 0. The van der Waals surface area contributed by atoms with Crippen LogP contribution < -0.4 is 5.73 Å². The Labute approximate surface area is 65.6 Å². The maximum Gasteiger partial charge on any atom is 0.0403 e. The molecule has 2 heteroatoms. The van der Waals surface area contributed by atoms with Crippen LogP contribution in [-0.2, 0) is 0 Å². The minimum Gasteiger partial charge on any atom is -0.398 e. The quantitative estimate of drug-likeness (QED) is 0.348. The fourth-order valence-electron chi connectivity index (χ4n) is 0.790. The summed E-state index contributed by atoms with van der Waals surface area (Å²) in [4.78, 5) is 0. The Morgan fingerprint density at radius 2 is 2.27 bits per heavy atom. The van der Waals surface area contributed by atoms with E-state index in [9.17, 15) is 0 Å². The van der Waals surface area contributed by atoms with Crippen molar-refractivity contribution in [1.29, 1.82) is 5.41 Å². The molecule has 11 heavy (non-hydrogen) atoms. The summed E-state index contributed by atoms with van der Waals surface area (Å²) in [6.45, 7) is 0. The lowest BCUT2D eigenvalue weighted by atomic mass is 10.1. The van der Waals surface area contributed by atoms with E-state index in [1.54, 1.807) is 18.2 Å². The van der Waals surface area contributed by atoms with Gasteiger partial charge in [0.25, 0.3) is 0 Å². The SMILES string of the molecule is C#Cc1ccc(N)c(C=N)c1. The van der Waals surface area contributed by atoms with Gasteiger partial charge in [-0.05, 0) is 18.2 Å². The maximum absolute atomic E-state index is 6.98. The molecule has 1 aromatic carbocycles. The van der Waals surface area contributed by atoms with Crippen LogP contribution in [0.2, 0.25) is 0 Å². The van der Waals surface area contributed by atoms with Gasteiger partial charge < -0.3 is 11.1 Å². The summed E-state index contributed by atoms with van der Waals surface area (Å²) in [7, 11) is 0. The summed E-state index contributed by atoms with van der Waals surface area (Å²) >= 11 is 0. The number of benzene rings is 1. The van der Waals surface area contributed by atoms with Gasteiger partial charge in [0.05, 0.1) is 0 Å². The molecule has 0 amide bonds. The van der Waals surface area contributed by atoms with Crippen LogP contribution in [-0.4, -0.2) is 6.21 Å². The Hall–Kier alpha value is -1.75. The first-order valence-corrected chi connectivity index (χ1v) is 3.14. The smallest absolute Gasteiger partial charge is 0.0403 e. The number of anilines is 1. The van der Waals surface area contributed by atoms with Crippen molar-refractivity contribution >= 4 is 11.9 Å². The molecular formula is C9H8N2.